The molecule has 7 nitrogen and oxygen atoms in total. The number of aromatic nitrogens is 5. The molecule has 0 spiro atoms. The number of hydrogen-bond acceptors (Lipinski definition) is 5. The van der Waals surface area contributed by atoms with E-state index < -0.39 is 6.36 Å². The summed E-state index contributed by atoms with van der Waals surface area (Å²) in [6, 6.07) is 8.55. The van der Waals surface area contributed by atoms with Crippen LogP contribution in [0.2, 0.25) is 0 Å². The van der Waals surface area contributed by atoms with Crippen molar-refractivity contribution in [2.75, 3.05) is 0 Å². The number of rotatable bonds is 4. The normalized spacial score (nSPS) is 11.7. The van der Waals surface area contributed by atoms with Crippen molar-refractivity contribution in [3.8, 4) is 17.0 Å². The number of H-pyrrole nitrogens is 1. The Balaban J connectivity index is 1.61. The van der Waals surface area contributed by atoms with Gasteiger partial charge in [-0.15, -0.1) is 13.2 Å². The number of alkyl halides is 3. The summed E-state index contributed by atoms with van der Waals surface area (Å²) in [7, 11) is 0. The van der Waals surface area contributed by atoms with Crippen molar-refractivity contribution in [3.63, 3.8) is 0 Å². The van der Waals surface area contributed by atoms with Gasteiger partial charge in [0, 0.05) is 36.6 Å². The van der Waals surface area contributed by atoms with Crippen LogP contribution in [-0.4, -0.2) is 30.9 Å². The Hall–Kier alpha value is -3.69. The minimum Gasteiger partial charge on any atom is -0.406 e. The van der Waals surface area contributed by atoms with E-state index in [1.807, 2.05) is 0 Å². The molecule has 4 rings (SSSR count). The quantitative estimate of drug-likeness (QED) is 0.582. The number of pyridine rings is 1. The highest BCUT2D eigenvalue weighted by Gasteiger charge is 2.30. The average Bonchev–Trinajstić information content (AvgIpc) is 3.05. The van der Waals surface area contributed by atoms with Crippen LogP contribution >= 0.6 is 0 Å². The van der Waals surface area contributed by atoms with Gasteiger partial charge in [-0.25, -0.2) is 9.50 Å². The predicted molar refractivity (Wildman–Crippen MR) is 92.8 cm³/mol. The van der Waals surface area contributed by atoms with Gasteiger partial charge in [0.2, 0.25) is 5.56 Å². The highest BCUT2D eigenvalue weighted by Crippen LogP contribution is 2.24. The van der Waals surface area contributed by atoms with Gasteiger partial charge < -0.3 is 9.72 Å². The summed E-state index contributed by atoms with van der Waals surface area (Å²) in [5, 5.41) is 4.38. The summed E-state index contributed by atoms with van der Waals surface area (Å²) in [4.78, 5) is 22.6. The molecule has 0 atom stereocenters. The van der Waals surface area contributed by atoms with E-state index in [9.17, 15) is 18.0 Å². The maximum absolute atomic E-state index is 12.2. The second-order valence-corrected chi connectivity index (χ2v) is 5.88. The van der Waals surface area contributed by atoms with Crippen LogP contribution in [0.15, 0.2) is 59.8 Å². The fourth-order valence-corrected chi connectivity index (χ4v) is 2.69. The number of nitrogens with zero attached hydrogens (tertiary/aromatic N) is 4. The van der Waals surface area contributed by atoms with E-state index in [2.05, 4.69) is 24.8 Å². The number of hydrogen-bond donors (Lipinski definition) is 1. The Morgan fingerprint density at radius 1 is 1.11 bits per heavy atom. The van der Waals surface area contributed by atoms with Gasteiger partial charge in [0.15, 0.2) is 11.5 Å². The maximum atomic E-state index is 12.2. The summed E-state index contributed by atoms with van der Waals surface area (Å²) < 4.78 is 42.1. The molecule has 142 valence electrons. The molecule has 1 aromatic carbocycles. The van der Waals surface area contributed by atoms with E-state index in [-0.39, 0.29) is 11.3 Å². The lowest BCUT2D eigenvalue weighted by molar-refractivity contribution is -0.274. The molecule has 0 aliphatic heterocycles. The summed E-state index contributed by atoms with van der Waals surface area (Å²) in [6.07, 6.45) is 0.337. The molecule has 0 fully saturated rings. The Labute approximate surface area is 155 Å². The fourth-order valence-electron chi connectivity index (χ4n) is 2.69. The second kappa shape index (κ2) is 6.80. The molecule has 0 bridgehead atoms. The van der Waals surface area contributed by atoms with Gasteiger partial charge in [-0.1, -0.05) is 12.1 Å². The molecule has 0 unspecified atom stereocenters. The SMILES string of the molecule is O=c1ccc(-c2nccn3nc(Cc4ccc(OC(F)(F)F)cc4)nc23)c[nH]1. The molecular formula is C18H12F3N5O2. The topological polar surface area (TPSA) is 85.2 Å². The summed E-state index contributed by atoms with van der Waals surface area (Å²) in [6.45, 7) is 0. The van der Waals surface area contributed by atoms with Crippen LogP contribution < -0.4 is 10.3 Å². The molecule has 28 heavy (non-hydrogen) atoms. The number of benzene rings is 1. The first-order valence-corrected chi connectivity index (χ1v) is 8.11. The summed E-state index contributed by atoms with van der Waals surface area (Å²) in [5.41, 5.74) is 2.23. The van der Waals surface area contributed by atoms with Gasteiger partial charge in [-0.3, -0.25) is 9.78 Å². The number of ether oxygens (including phenoxy) is 1. The van der Waals surface area contributed by atoms with Crippen LogP contribution in [0.5, 0.6) is 5.75 Å². The molecule has 0 radical (unpaired) electrons. The van der Waals surface area contributed by atoms with E-state index in [0.717, 1.165) is 5.56 Å². The molecule has 0 aliphatic carbocycles. The van der Waals surface area contributed by atoms with Crippen molar-refractivity contribution in [2.45, 2.75) is 12.8 Å². The van der Waals surface area contributed by atoms with E-state index in [1.54, 1.807) is 29.2 Å². The van der Waals surface area contributed by atoms with Crippen molar-refractivity contribution >= 4 is 5.65 Å². The van der Waals surface area contributed by atoms with Crippen LogP contribution in [0.3, 0.4) is 0 Å². The third-order valence-electron chi connectivity index (χ3n) is 3.88. The van der Waals surface area contributed by atoms with Gasteiger partial charge in [0.25, 0.3) is 0 Å². The zero-order chi connectivity index (χ0) is 19.7. The van der Waals surface area contributed by atoms with Gasteiger partial charge in [-0.2, -0.15) is 5.10 Å². The van der Waals surface area contributed by atoms with E-state index >= 15 is 0 Å². The third-order valence-corrected chi connectivity index (χ3v) is 3.88. The Kier molecular flexibility index (Phi) is 4.30. The van der Waals surface area contributed by atoms with Crippen LogP contribution in [0.1, 0.15) is 11.4 Å². The molecule has 0 saturated heterocycles. The number of nitrogens with one attached hydrogen (secondary N) is 1. The second-order valence-electron chi connectivity index (χ2n) is 5.88. The molecule has 3 aromatic heterocycles. The molecule has 1 N–H and O–H groups in total. The molecule has 0 aliphatic rings. The number of halogens is 3. The summed E-state index contributed by atoms with van der Waals surface area (Å²) >= 11 is 0. The average molecular weight is 387 g/mol. The van der Waals surface area contributed by atoms with Crippen molar-refractivity contribution in [2.24, 2.45) is 0 Å². The monoisotopic (exact) mass is 387 g/mol. The fraction of sp³-hybridized carbons (Fsp3) is 0.111. The van der Waals surface area contributed by atoms with E-state index in [0.29, 0.717) is 29.1 Å². The largest absolute Gasteiger partial charge is 0.573 e. The lowest BCUT2D eigenvalue weighted by Gasteiger charge is -2.08. The van der Waals surface area contributed by atoms with Crippen molar-refractivity contribution in [3.05, 3.63) is 76.7 Å². The number of fused-ring (bicyclic) bond motifs is 1. The Bertz CT molecular complexity index is 1160. The standard InChI is InChI=1S/C18H12F3N5O2/c19-18(20,21)28-13-4-1-11(2-5-13)9-14-24-17-16(22-7-8-26(17)25-14)12-3-6-15(27)23-10-12/h1-8,10H,9H2,(H,23,27). The highest BCUT2D eigenvalue weighted by atomic mass is 19.4. The minimum absolute atomic E-state index is 0.226. The van der Waals surface area contributed by atoms with Gasteiger partial charge in [-0.05, 0) is 23.8 Å². The van der Waals surface area contributed by atoms with Crippen LogP contribution in [0, 0.1) is 0 Å². The zero-order valence-corrected chi connectivity index (χ0v) is 14.1. The lowest BCUT2D eigenvalue weighted by Crippen LogP contribution is -2.17. The van der Waals surface area contributed by atoms with Crippen LogP contribution in [0.4, 0.5) is 13.2 Å². The van der Waals surface area contributed by atoms with Crippen molar-refractivity contribution < 1.29 is 17.9 Å². The molecular weight excluding hydrogens is 375 g/mol. The van der Waals surface area contributed by atoms with Gasteiger partial charge >= 0.3 is 6.36 Å². The van der Waals surface area contributed by atoms with Crippen molar-refractivity contribution in [1.29, 1.82) is 0 Å². The van der Waals surface area contributed by atoms with Crippen LogP contribution in [0.25, 0.3) is 16.9 Å². The minimum atomic E-state index is -4.73. The first-order valence-electron chi connectivity index (χ1n) is 8.11. The van der Waals surface area contributed by atoms with Crippen LogP contribution in [-0.2, 0) is 6.42 Å². The Morgan fingerprint density at radius 2 is 1.89 bits per heavy atom. The molecule has 0 amide bonds. The first kappa shape index (κ1) is 17.7. The molecule has 0 saturated carbocycles. The molecule has 4 aromatic rings. The highest BCUT2D eigenvalue weighted by molar-refractivity contribution is 5.72. The molecule has 10 heteroatoms. The van der Waals surface area contributed by atoms with Gasteiger partial charge in [0.05, 0.1) is 0 Å². The van der Waals surface area contributed by atoms with E-state index in [4.69, 9.17) is 0 Å². The number of aromatic amines is 1. The summed E-state index contributed by atoms with van der Waals surface area (Å²) in [5.74, 6) is 0.187. The zero-order valence-electron chi connectivity index (χ0n) is 14.1. The predicted octanol–water partition coefficient (Wildman–Crippen LogP) is 2.97. The first-order chi connectivity index (χ1) is 13.4. The Morgan fingerprint density at radius 3 is 2.57 bits per heavy atom. The maximum Gasteiger partial charge on any atom is 0.573 e. The molecule has 3 heterocycles. The lowest BCUT2D eigenvalue weighted by atomic mass is 10.1. The van der Waals surface area contributed by atoms with E-state index in [1.165, 1.54) is 30.3 Å². The third kappa shape index (κ3) is 3.85. The van der Waals surface area contributed by atoms with Crippen molar-refractivity contribution in [1.82, 2.24) is 24.6 Å². The smallest absolute Gasteiger partial charge is 0.406 e. The van der Waals surface area contributed by atoms with Gasteiger partial charge in [0.1, 0.15) is 11.4 Å².